The lowest BCUT2D eigenvalue weighted by atomic mass is 9.60. The maximum atomic E-state index is 10.4. The van der Waals surface area contributed by atoms with Crippen molar-refractivity contribution in [3.8, 4) is 6.07 Å². The molecule has 1 aliphatic rings. The molecular formula is C27H34Cl2N2. The molecule has 3 rings (SSSR count). The van der Waals surface area contributed by atoms with Crippen molar-refractivity contribution in [1.82, 2.24) is 4.90 Å². The number of benzene rings is 2. The summed E-state index contributed by atoms with van der Waals surface area (Å²) in [5, 5.41) is 11.5. The van der Waals surface area contributed by atoms with Gasteiger partial charge in [-0.05, 0) is 82.1 Å². The lowest BCUT2D eigenvalue weighted by Crippen LogP contribution is -2.43. The van der Waals surface area contributed by atoms with E-state index in [4.69, 9.17) is 23.2 Å². The predicted molar refractivity (Wildman–Crippen MR) is 132 cm³/mol. The highest BCUT2D eigenvalue weighted by molar-refractivity contribution is 6.42. The van der Waals surface area contributed by atoms with Crippen LogP contribution in [-0.2, 0) is 11.8 Å². The Morgan fingerprint density at radius 3 is 2.32 bits per heavy atom. The highest BCUT2D eigenvalue weighted by Gasteiger charge is 2.44. The van der Waals surface area contributed by atoms with E-state index in [0.717, 1.165) is 44.2 Å². The average molecular weight is 457 g/mol. The highest BCUT2D eigenvalue weighted by Crippen LogP contribution is 2.48. The van der Waals surface area contributed by atoms with Crippen LogP contribution in [0.15, 0.2) is 48.5 Å². The Bertz CT molecular complexity index is 886. The summed E-state index contributed by atoms with van der Waals surface area (Å²) in [5.41, 5.74) is 1.92. The molecule has 1 aliphatic carbocycles. The summed E-state index contributed by atoms with van der Waals surface area (Å²) < 4.78 is 0. The van der Waals surface area contributed by atoms with Gasteiger partial charge in [-0.3, -0.25) is 4.90 Å². The fraction of sp³-hybridized carbons (Fsp3) is 0.519. The van der Waals surface area contributed by atoms with Gasteiger partial charge < -0.3 is 0 Å². The zero-order chi connectivity index (χ0) is 22.4. The Morgan fingerprint density at radius 1 is 1.06 bits per heavy atom. The number of rotatable bonds is 10. The van der Waals surface area contributed by atoms with Crippen LogP contribution in [0.3, 0.4) is 0 Å². The van der Waals surface area contributed by atoms with Crippen molar-refractivity contribution in [2.45, 2.75) is 76.8 Å². The maximum absolute atomic E-state index is 10.4. The molecule has 4 heteroatoms. The van der Waals surface area contributed by atoms with Crippen LogP contribution in [0.25, 0.3) is 0 Å². The molecule has 2 unspecified atom stereocenters. The third-order valence-electron chi connectivity index (χ3n) is 7.12. The van der Waals surface area contributed by atoms with E-state index in [1.165, 1.54) is 12.0 Å². The van der Waals surface area contributed by atoms with Crippen molar-refractivity contribution in [3.05, 3.63) is 69.7 Å². The van der Waals surface area contributed by atoms with Crippen LogP contribution >= 0.6 is 23.2 Å². The second-order valence-corrected chi connectivity index (χ2v) is 10.1. The molecule has 0 aliphatic heterocycles. The van der Waals surface area contributed by atoms with E-state index in [0.29, 0.717) is 28.0 Å². The van der Waals surface area contributed by atoms with E-state index in [9.17, 15) is 5.26 Å². The summed E-state index contributed by atoms with van der Waals surface area (Å²) >= 11 is 12.5. The monoisotopic (exact) mass is 456 g/mol. The maximum Gasteiger partial charge on any atom is 0.0851 e. The van der Waals surface area contributed by atoms with Crippen LogP contribution in [0.4, 0.5) is 0 Å². The molecule has 2 nitrogen and oxygen atoms in total. The third kappa shape index (κ3) is 5.64. The van der Waals surface area contributed by atoms with E-state index in [2.05, 4.69) is 62.1 Å². The van der Waals surface area contributed by atoms with Gasteiger partial charge in [-0.25, -0.2) is 0 Å². The number of nitrogens with zero attached hydrogens (tertiary/aromatic N) is 2. The summed E-state index contributed by atoms with van der Waals surface area (Å²) in [5.74, 6) is 0.402. The molecule has 0 heterocycles. The Labute approximate surface area is 198 Å². The normalized spacial score (nSPS) is 17.2. The number of hydrogen-bond acceptors (Lipinski definition) is 2. The van der Waals surface area contributed by atoms with E-state index >= 15 is 0 Å². The lowest BCUT2D eigenvalue weighted by Gasteiger charge is -2.43. The van der Waals surface area contributed by atoms with Gasteiger partial charge in [-0.1, -0.05) is 66.0 Å². The zero-order valence-electron chi connectivity index (χ0n) is 19.0. The van der Waals surface area contributed by atoms with Gasteiger partial charge >= 0.3 is 0 Å². The molecule has 2 atom stereocenters. The first-order valence-electron chi connectivity index (χ1n) is 11.5. The first-order valence-corrected chi connectivity index (χ1v) is 12.3. The quantitative estimate of drug-likeness (QED) is 0.366. The van der Waals surface area contributed by atoms with Crippen molar-refractivity contribution in [1.29, 1.82) is 5.26 Å². The minimum absolute atomic E-state index is 0.402. The largest absolute Gasteiger partial charge is 0.298 e. The fourth-order valence-corrected chi connectivity index (χ4v) is 5.26. The van der Waals surface area contributed by atoms with Crippen molar-refractivity contribution in [2.75, 3.05) is 6.54 Å². The molecule has 1 fully saturated rings. The van der Waals surface area contributed by atoms with Gasteiger partial charge in [0.05, 0.1) is 21.5 Å². The first kappa shape index (κ1) is 24.1. The minimum atomic E-state index is -0.483. The van der Waals surface area contributed by atoms with E-state index < -0.39 is 5.41 Å². The van der Waals surface area contributed by atoms with Crippen LogP contribution in [-0.4, -0.2) is 23.5 Å². The van der Waals surface area contributed by atoms with Crippen molar-refractivity contribution in [2.24, 2.45) is 5.92 Å². The molecule has 1 saturated carbocycles. The molecule has 31 heavy (non-hydrogen) atoms. The lowest BCUT2D eigenvalue weighted by molar-refractivity contribution is 0.134. The molecule has 0 saturated heterocycles. The van der Waals surface area contributed by atoms with E-state index in [1.807, 2.05) is 18.2 Å². The Hall–Kier alpha value is -1.53. The van der Waals surface area contributed by atoms with Gasteiger partial charge in [-0.2, -0.15) is 5.26 Å². The third-order valence-corrected chi connectivity index (χ3v) is 7.86. The molecule has 0 aromatic heterocycles. The van der Waals surface area contributed by atoms with Crippen LogP contribution < -0.4 is 0 Å². The average Bonchev–Trinajstić information content (AvgIpc) is 2.72. The van der Waals surface area contributed by atoms with Gasteiger partial charge in [0.2, 0.25) is 0 Å². The molecule has 166 valence electrons. The SMILES string of the molecule is CC(C)N(CCc1ccccc1)C(C)CCC(C#N)(c1ccc(Cl)c(Cl)c1)C1CCC1. The Kier molecular flexibility index (Phi) is 8.45. The predicted octanol–water partition coefficient (Wildman–Crippen LogP) is 7.68. The van der Waals surface area contributed by atoms with Crippen LogP contribution in [0.2, 0.25) is 10.0 Å². The smallest absolute Gasteiger partial charge is 0.0851 e. The first-order chi connectivity index (χ1) is 14.9. The van der Waals surface area contributed by atoms with Gasteiger partial charge in [0.15, 0.2) is 0 Å². The van der Waals surface area contributed by atoms with Gasteiger partial charge in [0.25, 0.3) is 0 Å². The minimum Gasteiger partial charge on any atom is -0.298 e. The molecule has 0 spiro atoms. The summed E-state index contributed by atoms with van der Waals surface area (Å²) in [6.45, 7) is 7.87. The molecule has 0 radical (unpaired) electrons. The Balaban J connectivity index is 1.74. The fourth-order valence-electron chi connectivity index (χ4n) is 4.96. The summed E-state index contributed by atoms with van der Waals surface area (Å²) in [4.78, 5) is 2.57. The van der Waals surface area contributed by atoms with Gasteiger partial charge in [0.1, 0.15) is 0 Å². The van der Waals surface area contributed by atoms with Crippen molar-refractivity contribution in [3.63, 3.8) is 0 Å². The number of nitriles is 1. The number of halogens is 2. The molecule has 0 N–H and O–H groups in total. The van der Waals surface area contributed by atoms with Crippen molar-refractivity contribution < 1.29 is 0 Å². The van der Waals surface area contributed by atoms with Gasteiger partial charge in [0, 0.05) is 18.6 Å². The number of hydrogen-bond donors (Lipinski definition) is 0. The molecular weight excluding hydrogens is 423 g/mol. The highest BCUT2D eigenvalue weighted by atomic mass is 35.5. The summed E-state index contributed by atoms with van der Waals surface area (Å²) in [6, 6.07) is 20.1. The van der Waals surface area contributed by atoms with Crippen LogP contribution in [0.1, 0.15) is 64.0 Å². The van der Waals surface area contributed by atoms with Crippen molar-refractivity contribution >= 4 is 23.2 Å². The summed E-state index contributed by atoms with van der Waals surface area (Å²) in [6.07, 6.45) is 6.32. The molecule has 0 bridgehead atoms. The van der Waals surface area contributed by atoms with E-state index in [-0.39, 0.29) is 0 Å². The Morgan fingerprint density at radius 2 is 1.77 bits per heavy atom. The van der Waals surface area contributed by atoms with Crippen LogP contribution in [0.5, 0.6) is 0 Å². The summed E-state index contributed by atoms with van der Waals surface area (Å²) in [7, 11) is 0. The van der Waals surface area contributed by atoms with Crippen LogP contribution in [0, 0.1) is 17.2 Å². The van der Waals surface area contributed by atoms with Gasteiger partial charge in [-0.15, -0.1) is 0 Å². The topological polar surface area (TPSA) is 27.0 Å². The zero-order valence-corrected chi connectivity index (χ0v) is 20.5. The standard InChI is InChI=1S/C27H34Cl2N2/c1-20(2)31(17-15-22-8-5-4-6-9-22)21(3)14-16-27(19-30,23-10-7-11-23)24-12-13-25(28)26(29)18-24/h4-6,8-9,12-13,18,20-21,23H,7,10-11,14-17H2,1-3H3. The second-order valence-electron chi connectivity index (χ2n) is 9.29. The molecule has 0 amide bonds. The molecule has 2 aromatic carbocycles. The second kappa shape index (κ2) is 10.9. The van der Waals surface area contributed by atoms with E-state index in [1.54, 1.807) is 0 Å². The molecule has 2 aromatic rings.